The number of amides is 2. The molecule has 0 aliphatic rings. The minimum Gasteiger partial charge on any atom is -0.465 e. The maximum Gasteiger partial charge on any atom is 0.339 e. The Morgan fingerprint density at radius 3 is 2.46 bits per heavy atom. The zero-order valence-electron chi connectivity index (χ0n) is 13.1. The molecule has 0 saturated heterocycles. The van der Waals surface area contributed by atoms with Crippen molar-refractivity contribution in [3.63, 3.8) is 0 Å². The summed E-state index contributed by atoms with van der Waals surface area (Å²) in [6.07, 6.45) is 0. The summed E-state index contributed by atoms with van der Waals surface area (Å²) >= 11 is 1.51. The number of hydrogen-bond donors (Lipinski definition) is 2. The molecule has 0 bridgehead atoms. The number of methoxy groups -OCH3 is 2. The molecule has 2 amide bonds. The molecule has 0 atom stereocenters. The minimum absolute atomic E-state index is 0.136. The molecule has 1 heterocycles. The van der Waals surface area contributed by atoms with Crippen molar-refractivity contribution in [3.8, 4) is 0 Å². The van der Waals surface area contributed by atoms with E-state index < -0.39 is 18.0 Å². The average Bonchev–Trinajstić information content (AvgIpc) is 3.12. The minimum atomic E-state index is -0.625. The van der Waals surface area contributed by atoms with Gasteiger partial charge < -0.3 is 20.1 Å². The van der Waals surface area contributed by atoms with Crippen LogP contribution >= 0.6 is 11.3 Å². The second kappa shape index (κ2) is 8.11. The van der Waals surface area contributed by atoms with E-state index >= 15 is 0 Å². The molecule has 2 rings (SSSR count). The van der Waals surface area contributed by atoms with Crippen LogP contribution < -0.4 is 10.6 Å². The van der Waals surface area contributed by atoms with Crippen molar-refractivity contribution in [1.82, 2.24) is 5.32 Å². The lowest BCUT2D eigenvalue weighted by Gasteiger charge is -2.12. The van der Waals surface area contributed by atoms with Crippen LogP contribution in [0.15, 0.2) is 35.7 Å². The highest BCUT2D eigenvalue weighted by atomic mass is 32.1. The fourth-order valence-electron chi connectivity index (χ4n) is 1.93. The van der Waals surface area contributed by atoms with E-state index in [2.05, 4.69) is 20.1 Å². The number of rotatable bonds is 5. The number of thiophene rings is 1. The third-order valence-corrected chi connectivity index (χ3v) is 3.97. The van der Waals surface area contributed by atoms with Crippen molar-refractivity contribution in [2.45, 2.75) is 6.54 Å². The number of carbonyl (C=O) groups is 3. The zero-order valence-corrected chi connectivity index (χ0v) is 13.9. The van der Waals surface area contributed by atoms with Gasteiger partial charge in [-0.1, -0.05) is 6.07 Å². The molecular formula is C16H16N2O5S. The van der Waals surface area contributed by atoms with Crippen molar-refractivity contribution in [2.75, 3.05) is 19.5 Å². The number of benzene rings is 1. The highest BCUT2D eigenvalue weighted by molar-refractivity contribution is 7.09. The average molecular weight is 348 g/mol. The molecule has 2 aromatic rings. The van der Waals surface area contributed by atoms with Gasteiger partial charge in [0.05, 0.1) is 37.6 Å². The molecular weight excluding hydrogens is 332 g/mol. The van der Waals surface area contributed by atoms with E-state index in [0.717, 1.165) is 4.88 Å². The van der Waals surface area contributed by atoms with E-state index in [4.69, 9.17) is 0 Å². The number of esters is 2. The van der Waals surface area contributed by atoms with Crippen LogP contribution in [0, 0.1) is 0 Å². The lowest BCUT2D eigenvalue weighted by Crippen LogP contribution is -2.28. The van der Waals surface area contributed by atoms with Gasteiger partial charge >= 0.3 is 18.0 Å². The van der Waals surface area contributed by atoms with Crippen molar-refractivity contribution < 1.29 is 23.9 Å². The topological polar surface area (TPSA) is 93.7 Å². The van der Waals surface area contributed by atoms with Gasteiger partial charge in [0.2, 0.25) is 0 Å². The third kappa shape index (κ3) is 4.32. The lowest BCUT2D eigenvalue weighted by molar-refractivity contribution is 0.0587. The van der Waals surface area contributed by atoms with Crippen LogP contribution in [0.2, 0.25) is 0 Å². The van der Waals surface area contributed by atoms with Gasteiger partial charge in [0.15, 0.2) is 0 Å². The van der Waals surface area contributed by atoms with Crippen LogP contribution in [0.25, 0.3) is 0 Å². The first-order valence-corrected chi connectivity index (χ1v) is 7.81. The van der Waals surface area contributed by atoms with Crippen LogP contribution in [0.4, 0.5) is 10.5 Å². The highest BCUT2D eigenvalue weighted by Gasteiger charge is 2.17. The van der Waals surface area contributed by atoms with Crippen LogP contribution in [0.1, 0.15) is 25.6 Å². The number of nitrogens with one attached hydrogen (secondary N) is 2. The molecule has 0 saturated carbocycles. The Morgan fingerprint density at radius 2 is 1.83 bits per heavy atom. The highest BCUT2D eigenvalue weighted by Crippen LogP contribution is 2.20. The summed E-state index contributed by atoms with van der Waals surface area (Å²) in [5.41, 5.74) is 0.503. The fraction of sp³-hybridized carbons (Fsp3) is 0.188. The first kappa shape index (κ1) is 17.5. The lowest BCUT2D eigenvalue weighted by atomic mass is 10.1. The fourth-order valence-corrected chi connectivity index (χ4v) is 2.57. The summed E-state index contributed by atoms with van der Waals surface area (Å²) in [5, 5.41) is 7.13. The molecule has 24 heavy (non-hydrogen) atoms. The molecule has 0 aliphatic carbocycles. The molecule has 7 nitrogen and oxygen atoms in total. The number of urea groups is 1. The molecule has 126 valence electrons. The summed E-state index contributed by atoms with van der Waals surface area (Å²) in [7, 11) is 2.48. The molecule has 0 radical (unpaired) electrons. The van der Waals surface area contributed by atoms with E-state index in [1.54, 1.807) is 0 Å². The number of carbonyl (C=O) groups excluding carboxylic acids is 3. The van der Waals surface area contributed by atoms with Crippen LogP contribution in [-0.4, -0.2) is 32.2 Å². The largest absolute Gasteiger partial charge is 0.465 e. The molecule has 1 aromatic carbocycles. The summed E-state index contributed by atoms with van der Waals surface area (Å²) in [6, 6.07) is 7.45. The van der Waals surface area contributed by atoms with Gasteiger partial charge in [0.1, 0.15) is 0 Å². The van der Waals surface area contributed by atoms with E-state index in [9.17, 15) is 14.4 Å². The zero-order chi connectivity index (χ0) is 17.5. The normalized spacial score (nSPS) is 9.92. The predicted molar refractivity (Wildman–Crippen MR) is 89.3 cm³/mol. The van der Waals surface area contributed by atoms with Crippen molar-refractivity contribution in [1.29, 1.82) is 0 Å². The molecule has 0 aliphatic heterocycles. The van der Waals surface area contributed by atoms with E-state index in [1.807, 2.05) is 17.5 Å². The Bertz CT molecular complexity index is 743. The monoisotopic (exact) mass is 348 g/mol. The Morgan fingerprint density at radius 1 is 1.08 bits per heavy atom. The van der Waals surface area contributed by atoms with Gasteiger partial charge in [0.25, 0.3) is 0 Å². The van der Waals surface area contributed by atoms with E-state index in [1.165, 1.54) is 43.8 Å². The Balaban J connectivity index is 2.16. The maximum atomic E-state index is 12.0. The smallest absolute Gasteiger partial charge is 0.339 e. The summed E-state index contributed by atoms with van der Waals surface area (Å²) in [6.45, 7) is 0.355. The Hall–Kier alpha value is -2.87. The number of anilines is 1. The summed E-state index contributed by atoms with van der Waals surface area (Å²) < 4.78 is 9.32. The predicted octanol–water partition coefficient (Wildman–Crippen LogP) is 2.64. The molecule has 2 N–H and O–H groups in total. The molecule has 8 heteroatoms. The van der Waals surface area contributed by atoms with Crippen molar-refractivity contribution in [3.05, 3.63) is 51.7 Å². The van der Waals surface area contributed by atoms with Gasteiger partial charge in [-0.25, -0.2) is 14.4 Å². The molecule has 1 aromatic heterocycles. The second-order valence-corrected chi connectivity index (χ2v) is 5.66. The van der Waals surface area contributed by atoms with E-state index in [-0.39, 0.29) is 16.8 Å². The molecule has 0 spiro atoms. The number of hydrogen-bond acceptors (Lipinski definition) is 6. The van der Waals surface area contributed by atoms with Crippen LogP contribution in [0.5, 0.6) is 0 Å². The molecule has 0 unspecified atom stereocenters. The molecule has 0 fully saturated rings. The SMILES string of the molecule is COC(=O)c1ccc(C(=O)OC)c(NC(=O)NCc2cccs2)c1. The Kier molecular flexibility index (Phi) is 5.91. The summed E-state index contributed by atoms with van der Waals surface area (Å²) in [4.78, 5) is 36.4. The van der Waals surface area contributed by atoms with Gasteiger partial charge in [-0.15, -0.1) is 11.3 Å². The van der Waals surface area contributed by atoms with Crippen molar-refractivity contribution >= 4 is 35.0 Å². The van der Waals surface area contributed by atoms with Gasteiger partial charge in [0, 0.05) is 4.88 Å². The van der Waals surface area contributed by atoms with Crippen LogP contribution in [-0.2, 0) is 16.0 Å². The Labute approximate surface area is 142 Å². The third-order valence-electron chi connectivity index (χ3n) is 3.10. The quantitative estimate of drug-likeness (QED) is 0.810. The number of ether oxygens (including phenoxy) is 2. The first-order chi connectivity index (χ1) is 11.5. The standard InChI is InChI=1S/C16H16N2O5S/c1-22-14(19)10-5-6-12(15(20)23-2)13(8-10)18-16(21)17-9-11-4-3-7-24-11/h3-8H,9H2,1-2H3,(H2,17,18,21). The van der Waals surface area contributed by atoms with Gasteiger partial charge in [-0.3, -0.25) is 0 Å². The van der Waals surface area contributed by atoms with Crippen molar-refractivity contribution in [2.24, 2.45) is 0 Å². The van der Waals surface area contributed by atoms with Crippen LogP contribution in [0.3, 0.4) is 0 Å². The van der Waals surface area contributed by atoms with E-state index in [0.29, 0.717) is 6.54 Å². The summed E-state index contributed by atoms with van der Waals surface area (Å²) in [5.74, 6) is -1.20. The van der Waals surface area contributed by atoms with Gasteiger partial charge in [-0.2, -0.15) is 0 Å². The maximum absolute atomic E-state index is 12.0. The van der Waals surface area contributed by atoms with Gasteiger partial charge in [-0.05, 0) is 29.6 Å². The second-order valence-electron chi connectivity index (χ2n) is 4.63. The first-order valence-electron chi connectivity index (χ1n) is 6.93.